The topological polar surface area (TPSA) is 64.4 Å². The molecule has 0 aliphatic rings. The van der Waals surface area contributed by atoms with Gasteiger partial charge in [-0.2, -0.15) is 9.78 Å². The van der Waals surface area contributed by atoms with Gasteiger partial charge < -0.3 is 9.64 Å². The zero-order valence-corrected chi connectivity index (χ0v) is 15.7. The molecule has 0 aliphatic carbocycles. The van der Waals surface area contributed by atoms with Gasteiger partial charge in [0.05, 0.1) is 12.8 Å². The average Bonchev–Trinajstić information content (AvgIpc) is 2.68. The van der Waals surface area contributed by atoms with Gasteiger partial charge in [-0.1, -0.05) is 29.8 Å². The molecule has 0 spiro atoms. The quantitative estimate of drug-likeness (QED) is 0.678. The first kappa shape index (κ1) is 18.7. The zero-order chi connectivity index (χ0) is 19.4. The van der Waals surface area contributed by atoms with Gasteiger partial charge in [0.25, 0.3) is 11.5 Å². The van der Waals surface area contributed by atoms with Crippen molar-refractivity contribution in [2.24, 2.45) is 0 Å². The Hall–Kier alpha value is -3.12. The van der Waals surface area contributed by atoms with Crippen LogP contribution in [0.2, 0.25) is 5.02 Å². The minimum absolute atomic E-state index is 0.168. The molecule has 0 aliphatic heterocycles. The van der Waals surface area contributed by atoms with Crippen LogP contribution >= 0.6 is 11.6 Å². The fraction of sp³-hybridized carbons (Fsp3) is 0.150. The number of rotatable bonds is 5. The fourth-order valence-electron chi connectivity index (χ4n) is 2.67. The first-order chi connectivity index (χ1) is 13.0. The van der Waals surface area contributed by atoms with E-state index in [4.69, 9.17) is 16.3 Å². The van der Waals surface area contributed by atoms with E-state index in [1.807, 2.05) is 6.07 Å². The number of halogens is 1. The highest BCUT2D eigenvalue weighted by atomic mass is 35.5. The summed E-state index contributed by atoms with van der Waals surface area (Å²) in [6, 6.07) is 16.9. The third-order valence-electron chi connectivity index (χ3n) is 4.02. The highest BCUT2D eigenvalue weighted by molar-refractivity contribution is 6.30. The molecular formula is C20H18ClN3O3. The average molecular weight is 384 g/mol. The van der Waals surface area contributed by atoms with E-state index >= 15 is 0 Å². The molecule has 0 atom stereocenters. The number of hydrogen-bond donors (Lipinski definition) is 0. The summed E-state index contributed by atoms with van der Waals surface area (Å²) in [5.41, 5.74) is 1.23. The van der Waals surface area contributed by atoms with E-state index in [0.717, 1.165) is 5.56 Å². The van der Waals surface area contributed by atoms with Gasteiger partial charge in [-0.3, -0.25) is 9.59 Å². The third-order valence-corrected chi connectivity index (χ3v) is 4.25. The van der Waals surface area contributed by atoms with Crippen molar-refractivity contribution in [3.05, 3.63) is 87.3 Å². The minimum Gasteiger partial charge on any atom is -0.496 e. The number of benzene rings is 2. The highest BCUT2D eigenvalue weighted by Crippen LogP contribution is 2.24. The Morgan fingerprint density at radius 1 is 1.15 bits per heavy atom. The van der Waals surface area contributed by atoms with Gasteiger partial charge in [0.2, 0.25) is 0 Å². The molecule has 0 bridgehead atoms. The van der Waals surface area contributed by atoms with Crippen LogP contribution in [0, 0.1) is 0 Å². The smallest absolute Gasteiger partial charge is 0.274 e. The maximum Gasteiger partial charge on any atom is 0.274 e. The predicted octanol–water partition coefficient (Wildman–Crippen LogP) is 3.17. The summed E-state index contributed by atoms with van der Waals surface area (Å²) in [7, 11) is 3.22. The molecule has 0 unspecified atom stereocenters. The van der Waals surface area contributed by atoms with Crippen LogP contribution in [-0.2, 0) is 6.54 Å². The number of para-hydroxylation sites is 1. The predicted molar refractivity (Wildman–Crippen MR) is 104 cm³/mol. The summed E-state index contributed by atoms with van der Waals surface area (Å²) >= 11 is 6.05. The van der Waals surface area contributed by atoms with Gasteiger partial charge in [0.15, 0.2) is 0 Å². The number of carbonyl (C=O) groups excluding carboxylic acids is 1. The van der Waals surface area contributed by atoms with Crippen molar-refractivity contribution in [1.82, 2.24) is 14.7 Å². The van der Waals surface area contributed by atoms with Crippen LogP contribution in [0.4, 0.5) is 0 Å². The summed E-state index contributed by atoms with van der Waals surface area (Å²) in [5, 5.41) is 4.78. The second-order valence-corrected chi connectivity index (χ2v) is 6.36. The maximum absolute atomic E-state index is 12.8. The lowest BCUT2D eigenvalue weighted by Crippen LogP contribution is -2.30. The number of ether oxygens (including phenoxy) is 1. The molecule has 1 aromatic heterocycles. The number of amides is 1. The molecule has 0 radical (unpaired) electrons. The molecular weight excluding hydrogens is 366 g/mol. The van der Waals surface area contributed by atoms with Crippen molar-refractivity contribution in [2.75, 3.05) is 14.2 Å². The molecule has 7 heteroatoms. The van der Waals surface area contributed by atoms with Gasteiger partial charge in [-0.15, -0.1) is 0 Å². The largest absolute Gasteiger partial charge is 0.496 e. The van der Waals surface area contributed by atoms with Crippen molar-refractivity contribution in [3.8, 4) is 11.4 Å². The molecule has 1 amide bonds. The van der Waals surface area contributed by atoms with E-state index in [2.05, 4.69) is 5.10 Å². The van der Waals surface area contributed by atoms with Crippen molar-refractivity contribution >= 4 is 17.5 Å². The van der Waals surface area contributed by atoms with Crippen LogP contribution in [0.25, 0.3) is 5.69 Å². The summed E-state index contributed by atoms with van der Waals surface area (Å²) in [5.74, 6) is 0.322. The van der Waals surface area contributed by atoms with E-state index in [9.17, 15) is 9.59 Å². The monoisotopic (exact) mass is 383 g/mol. The third kappa shape index (κ3) is 4.17. The van der Waals surface area contributed by atoms with E-state index in [1.165, 1.54) is 21.7 Å². The van der Waals surface area contributed by atoms with Crippen molar-refractivity contribution in [1.29, 1.82) is 0 Å². The Balaban J connectivity index is 1.88. The maximum atomic E-state index is 12.8. The lowest BCUT2D eigenvalue weighted by Gasteiger charge is -2.19. The Bertz CT molecular complexity index is 1020. The summed E-state index contributed by atoms with van der Waals surface area (Å²) in [6.07, 6.45) is 0. The van der Waals surface area contributed by atoms with Gasteiger partial charge in [0, 0.05) is 30.2 Å². The molecule has 138 valence electrons. The summed E-state index contributed by atoms with van der Waals surface area (Å²) in [4.78, 5) is 26.4. The molecule has 1 heterocycles. The van der Waals surface area contributed by atoms with Crippen LogP contribution in [-0.4, -0.2) is 34.7 Å². The number of aromatic nitrogens is 2. The Morgan fingerprint density at radius 3 is 2.59 bits per heavy atom. The SMILES string of the molecule is COc1ccc(Cl)cc1CN(C)C(=O)c1ccc(=O)n(-c2ccccc2)n1. The molecule has 2 aromatic carbocycles. The van der Waals surface area contributed by atoms with Gasteiger partial charge in [-0.05, 0) is 36.4 Å². The molecule has 3 aromatic rings. The number of methoxy groups -OCH3 is 1. The minimum atomic E-state index is -0.318. The van der Waals surface area contributed by atoms with E-state index in [1.54, 1.807) is 56.6 Å². The normalized spacial score (nSPS) is 10.5. The van der Waals surface area contributed by atoms with E-state index in [0.29, 0.717) is 16.5 Å². The first-order valence-electron chi connectivity index (χ1n) is 8.23. The van der Waals surface area contributed by atoms with Crippen LogP contribution in [0.5, 0.6) is 5.75 Å². The Morgan fingerprint density at radius 2 is 1.89 bits per heavy atom. The second-order valence-electron chi connectivity index (χ2n) is 5.92. The standard InChI is InChI=1S/C20H18ClN3O3/c1-23(13-14-12-15(21)8-10-18(14)27-2)20(26)17-9-11-19(25)24(22-17)16-6-4-3-5-7-16/h3-12H,13H2,1-2H3. The van der Waals surface area contributed by atoms with Crippen molar-refractivity contribution in [2.45, 2.75) is 6.54 Å². The molecule has 0 N–H and O–H groups in total. The van der Waals surface area contributed by atoms with Crippen LogP contribution in [0.1, 0.15) is 16.1 Å². The van der Waals surface area contributed by atoms with Crippen molar-refractivity contribution < 1.29 is 9.53 Å². The fourth-order valence-corrected chi connectivity index (χ4v) is 2.87. The van der Waals surface area contributed by atoms with Crippen LogP contribution in [0.3, 0.4) is 0 Å². The highest BCUT2D eigenvalue weighted by Gasteiger charge is 2.17. The number of carbonyl (C=O) groups is 1. The van der Waals surface area contributed by atoms with E-state index < -0.39 is 0 Å². The van der Waals surface area contributed by atoms with Crippen molar-refractivity contribution in [3.63, 3.8) is 0 Å². The van der Waals surface area contributed by atoms with Gasteiger partial charge in [-0.25, -0.2) is 0 Å². The lowest BCUT2D eigenvalue weighted by molar-refractivity contribution is 0.0776. The summed E-state index contributed by atoms with van der Waals surface area (Å²) < 4.78 is 6.53. The van der Waals surface area contributed by atoms with Gasteiger partial charge >= 0.3 is 0 Å². The number of nitrogens with zero attached hydrogens (tertiary/aromatic N) is 3. The lowest BCUT2D eigenvalue weighted by atomic mass is 10.2. The number of hydrogen-bond acceptors (Lipinski definition) is 4. The summed E-state index contributed by atoms with van der Waals surface area (Å²) in [6.45, 7) is 0.286. The molecule has 3 rings (SSSR count). The van der Waals surface area contributed by atoms with Gasteiger partial charge in [0.1, 0.15) is 11.4 Å². The zero-order valence-electron chi connectivity index (χ0n) is 14.9. The second kappa shape index (κ2) is 8.05. The molecule has 0 saturated carbocycles. The molecule has 0 saturated heterocycles. The Labute approximate surface area is 161 Å². The molecule has 6 nitrogen and oxygen atoms in total. The Kier molecular flexibility index (Phi) is 5.57. The molecule has 0 fully saturated rings. The van der Waals surface area contributed by atoms with Crippen LogP contribution < -0.4 is 10.3 Å². The van der Waals surface area contributed by atoms with Crippen LogP contribution in [0.15, 0.2) is 65.5 Å². The molecule has 27 heavy (non-hydrogen) atoms. The first-order valence-corrected chi connectivity index (χ1v) is 8.61. The van der Waals surface area contributed by atoms with E-state index in [-0.39, 0.29) is 23.7 Å².